The Hall–Kier alpha value is -1.66. The number of aromatic nitrogens is 1. The first-order valence-electron chi connectivity index (χ1n) is 3.68. The number of rotatable bonds is 1. The largest absolute Gasteiger partial charge is 0.465 e. The summed E-state index contributed by atoms with van der Waals surface area (Å²) < 4.78 is 53.5. The topological polar surface area (TPSA) is 39.2 Å². The van der Waals surface area contributed by atoms with Gasteiger partial charge in [-0.3, -0.25) is 0 Å². The molecule has 0 amide bonds. The van der Waals surface area contributed by atoms with Crippen molar-refractivity contribution < 1.29 is 27.1 Å². The molecule has 0 bridgehead atoms. The first-order valence-corrected chi connectivity index (χ1v) is 3.68. The second-order valence-corrected chi connectivity index (χ2v) is 2.52. The number of ether oxygens (including phenoxy) is 1. The fourth-order valence-corrected chi connectivity index (χ4v) is 0.926. The van der Waals surface area contributed by atoms with Crippen LogP contribution in [0.5, 0.6) is 0 Å². The molecule has 0 aromatic carbocycles. The van der Waals surface area contributed by atoms with Crippen molar-refractivity contribution in [3.8, 4) is 0 Å². The van der Waals surface area contributed by atoms with E-state index in [1.807, 2.05) is 0 Å². The molecule has 0 fully saturated rings. The average Bonchev–Trinajstić information content (AvgIpc) is 2.15. The van der Waals surface area contributed by atoms with Crippen LogP contribution in [-0.4, -0.2) is 18.1 Å². The Morgan fingerprint density at radius 2 is 2.00 bits per heavy atom. The van der Waals surface area contributed by atoms with E-state index in [1.54, 1.807) is 0 Å². The van der Waals surface area contributed by atoms with Gasteiger partial charge < -0.3 is 4.74 Å². The fraction of sp³-hybridized carbons (Fsp3) is 0.250. The molecule has 1 rings (SSSR count). The number of hydrogen-bond donors (Lipinski definition) is 0. The van der Waals surface area contributed by atoms with Crippen molar-refractivity contribution >= 4 is 5.97 Å². The first-order chi connectivity index (χ1) is 6.86. The standard InChI is InChI=1S/C8H5F4NO2/c1-15-7(14)4-2-3-5(9)13-6(4)8(10,11)12/h2-3H,1H3. The van der Waals surface area contributed by atoms with Gasteiger partial charge in [0.25, 0.3) is 0 Å². The lowest BCUT2D eigenvalue weighted by molar-refractivity contribution is -0.142. The van der Waals surface area contributed by atoms with Crippen molar-refractivity contribution in [2.24, 2.45) is 0 Å². The molecule has 0 unspecified atom stereocenters. The Balaban J connectivity index is 3.33. The van der Waals surface area contributed by atoms with E-state index in [9.17, 15) is 22.4 Å². The van der Waals surface area contributed by atoms with E-state index >= 15 is 0 Å². The zero-order valence-corrected chi connectivity index (χ0v) is 7.43. The number of carbonyl (C=O) groups is 1. The second kappa shape index (κ2) is 3.84. The Morgan fingerprint density at radius 3 is 2.47 bits per heavy atom. The molecule has 0 aliphatic carbocycles. The van der Waals surface area contributed by atoms with E-state index in [4.69, 9.17) is 0 Å². The Bertz CT molecular complexity index is 389. The average molecular weight is 223 g/mol. The van der Waals surface area contributed by atoms with Crippen molar-refractivity contribution in [1.82, 2.24) is 4.98 Å². The highest BCUT2D eigenvalue weighted by atomic mass is 19.4. The summed E-state index contributed by atoms with van der Waals surface area (Å²) in [6.07, 6.45) is -4.90. The predicted octanol–water partition coefficient (Wildman–Crippen LogP) is 2.03. The predicted molar refractivity (Wildman–Crippen MR) is 40.5 cm³/mol. The third kappa shape index (κ3) is 2.42. The molecule has 0 saturated heterocycles. The molecule has 0 aliphatic heterocycles. The molecule has 15 heavy (non-hydrogen) atoms. The van der Waals surface area contributed by atoms with Gasteiger partial charge in [-0.15, -0.1) is 0 Å². The maximum Gasteiger partial charge on any atom is 0.434 e. The van der Waals surface area contributed by atoms with Crippen LogP contribution in [0.1, 0.15) is 16.1 Å². The fourth-order valence-electron chi connectivity index (χ4n) is 0.926. The Morgan fingerprint density at radius 1 is 1.40 bits per heavy atom. The van der Waals surface area contributed by atoms with E-state index in [2.05, 4.69) is 9.72 Å². The van der Waals surface area contributed by atoms with Gasteiger partial charge in [0.05, 0.1) is 12.7 Å². The van der Waals surface area contributed by atoms with E-state index in [0.717, 1.165) is 7.11 Å². The highest BCUT2D eigenvalue weighted by Gasteiger charge is 2.38. The minimum Gasteiger partial charge on any atom is -0.465 e. The van der Waals surface area contributed by atoms with E-state index in [-0.39, 0.29) is 0 Å². The molecule has 0 N–H and O–H groups in total. The molecule has 1 aromatic heterocycles. The summed E-state index contributed by atoms with van der Waals surface area (Å²) in [6, 6.07) is 1.33. The third-order valence-corrected chi connectivity index (χ3v) is 1.54. The maximum atomic E-state index is 12.5. The smallest absolute Gasteiger partial charge is 0.434 e. The highest BCUT2D eigenvalue weighted by molar-refractivity contribution is 5.90. The van der Waals surface area contributed by atoms with Crippen molar-refractivity contribution in [2.75, 3.05) is 7.11 Å². The number of halogens is 4. The lowest BCUT2D eigenvalue weighted by atomic mass is 10.2. The van der Waals surface area contributed by atoms with Crippen LogP contribution in [-0.2, 0) is 10.9 Å². The monoisotopic (exact) mass is 223 g/mol. The Kier molecular flexibility index (Phi) is 2.92. The zero-order valence-electron chi connectivity index (χ0n) is 7.43. The first kappa shape index (κ1) is 11.4. The molecule has 82 valence electrons. The van der Waals surface area contributed by atoms with Crippen molar-refractivity contribution in [3.63, 3.8) is 0 Å². The van der Waals surface area contributed by atoms with Gasteiger partial charge in [-0.1, -0.05) is 0 Å². The number of nitrogens with zero attached hydrogens (tertiary/aromatic N) is 1. The van der Waals surface area contributed by atoms with Crippen LogP contribution < -0.4 is 0 Å². The minimum atomic E-state index is -4.90. The van der Waals surface area contributed by atoms with Crippen LogP contribution in [0.3, 0.4) is 0 Å². The summed E-state index contributed by atoms with van der Waals surface area (Å²) in [5.74, 6) is -2.52. The quantitative estimate of drug-likeness (QED) is 0.415. The molecule has 1 heterocycles. The maximum absolute atomic E-state index is 12.5. The summed E-state index contributed by atoms with van der Waals surface area (Å²) in [6.45, 7) is 0. The van der Waals surface area contributed by atoms with Crippen molar-refractivity contribution in [2.45, 2.75) is 6.18 Å². The van der Waals surface area contributed by atoms with Gasteiger partial charge in [0, 0.05) is 0 Å². The van der Waals surface area contributed by atoms with Crippen LogP contribution in [0.2, 0.25) is 0 Å². The molecule has 0 radical (unpaired) electrons. The molecule has 3 nitrogen and oxygen atoms in total. The van der Waals surface area contributed by atoms with E-state index < -0.39 is 29.4 Å². The second-order valence-electron chi connectivity index (χ2n) is 2.52. The van der Waals surface area contributed by atoms with Gasteiger partial charge in [-0.2, -0.15) is 17.6 Å². The molecule has 0 saturated carbocycles. The minimum absolute atomic E-state index is 0.654. The van der Waals surface area contributed by atoms with Crippen LogP contribution in [0.4, 0.5) is 17.6 Å². The number of carbonyl (C=O) groups excluding carboxylic acids is 1. The van der Waals surface area contributed by atoms with E-state index in [1.165, 1.54) is 0 Å². The van der Waals surface area contributed by atoms with Gasteiger partial charge in [0.2, 0.25) is 5.95 Å². The van der Waals surface area contributed by atoms with Gasteiger partial charge in [0.15, 0.2) is 5.69 Å². The summed E-state index contributed by atoms with van der Waals surface area (Å²) in [5.41, 5.74) is -2.40. The molecule has 0 aliphatic rings. The van der Waals surface area contributed by atoms with Gasteiger partial charge >= 0.3 is 12.1 Å². The summed E-state index contributed by atoms with van der Waals surface area (Å²) in [4.78, 5) is 13.5. The number of alkyl halides is 3. The van der Waals surface area contributed by atoms with Crippen LogP contribution in [0.15, 0.2) is 12.1 Å². The normalized spacial score (nSPS) is 11.3. The van der Waals surface area contributed by atoms with Gasteiger partial charge in [-0.05, 0) is 12.1 Å². The molecule has 0 spiro atoms. The van der Waals surface area contributed by atoms with Crippen LogP contribution >= 0.6 is 0 Å². The lowest BCUT2D eigenvalue weighted by Gasteiger charge is -2.09. The number of esters is 1. The highest BCUT2D eigenvalue weighted by Crippen LogP contribution is 2.30. The van der Waals surface area contributed by atoms with E-state index in [0.29, 0.717) is 12.1 Å². The van der Waals surface area contributed by atoms with Gasteiger partial charge in [0.1, 0.15) is 0 Å². The molecular weight excluding hydrogens is 218 g/mol. The summed E-state index contributed by atoms with van der Waals surface area (Å²) >= 11 is 0. The summed E-state index contributed by atoms with van der Waals surface area (Å²) in [7, 11) is 0.922. The van der Waals surface area contributed by atoms with Crippen LogP contribution in [0, 0.1) is 5.95 Å². The number of methoxy groups -OCH3 is 1. The number of hydrogen-bond acceptors (Lipinski definition) is 3. The Labute approximate surface area is 81.7 Å². The number of pyridine rings is 1. The molecule has 7 heteroatoms. The SMILES string of the molecule is COC(=O)c1ccc(F)nc1C(F)(F)F. The third-order valence-electron chi connectivity index (χ3n) is 1.54. The van der Waals surface area contributed by atoms with Crippen molar-refractivity contribution in [1.29, 1.82) is 0 Å². The van der Waals surface area contributed by atoms with Crippen LogP contribution in [0.25, 0.3) is 0 Å². The zero-order chi connectivity index (χ0) is 11.6. The molecular formula is C8H5F4NO2. The lowest BCUT2D eigenvalue weighted by Crippen LogP contribution is -2.17. The molecule has 1 aromatic rings. The summed E-state index contributed by atoms with van der Waals surface area (Å²) in [5, 5.41) is 0. The molecule has 0 atom stereocenters. The van der Waals surface area contributed by atoms with Gasteiger partial charge in [-0.25, -0.2) is 9.78 Å². The van der Waals surface area contributed by atoms with Crippen molar-refractivity contribution in [3.05, 3.63) is 29.3 Å².